The van der Waals surface area contributed by atoms with Crippen LogP contribution in [0.25, 0.3) is 0 Å². The summed E-state index contributed by atoms with van der Waals surface area (Å²) in [4.78, 5) is 8.08. The molecule has 10 nitrogen and oxygen atoms in total. The fourth-order valence-electron chi connectivity index (χ4n) is 0.493. The maximum absolute atomic E-state index is 9.05. The summed E-state index contributed by atoms with van der Waals surface area (Å²) >= 11 is 2.89. The van der Waals surface area contributed by atoms with E-state index in [1.165, 1.54) is 83.1 Å². The van der Waals surface area contributed by atoms with Crippen LogP contribution in [0.3, 0.4) is 0 Å². The molecule has 1 aromatic carbocycles. The van der Waals surface area contributed by atoms with Crippen LogP contribution in [-0.2, 0) is 18.9 Å². The average Bonchev–Trinajstić information content (AvgIpc) is 2.59. The molecule has 0 saturated carbocycles. The first kappa shape index (κ1) is 56.5. The molecule has 0 bridgehead atoms. The van der Waals surface area contributed by atoms with Crippen molar-refractivity contribution in [3.63, 3.8) is 0 Å². The topological polar surface area (TPSA) is 189 Å². The number of hydrogen-bond donors (Lipinski definition) is 4. The van der Waals surface area contributed by atoms with E-state index in [-0.39, 0.29) is 57.6 Å². The van der Waals surface area contributed by atoms with E-state index >= 15 is 0 Å². The van der Waals surface area contributed by atoms with Crippen LogP contribution in [0.2, 0.25) is 0 Å². The van der Waals surface area contributed by atoms with Crippen LogP contribution in [0.5, 0.6) is 11.5 Å². The Morgan fingerprint density at radius 1 is 1.00 bits per heavy atom. The molecule has 8 N–H and O–H groups in total. The van der Waals surface area contributed by atoms with E-state index < -0.39 is 0 Å². The van der Waals surface area contributed by atoms with Crippen molar-refractivity contribution in [2.75, 3.05) is 35.0 Å². The molecule has 0 unspecified atom stereocenters. The van der Waals surface area contributed by atoms with Crippen molar-refractivity contribution < 1.29 is 50.2 Å². The molecule has 0 saturated heterocycles. The number of rotatable bonds is 2. The molecule has 0 atom stereocenters. The first-order chi connectivity index (χ1) is 11.0. The summed E-state index contributed by atoms with van der Waals surface area (Å²) in [6.07, 6.45) is 0. The van der Waals surface area contributed by atoms with Crippen molar-refractivity contribution >= 4 is 64.7 Å². The number of halogens is 1. The van der Waals surface area contributed by atoms with Crippen molar-refractivity contribution in [3.8, 4) is 11.5 Å². The predicted octanol–water partition coefficient (Wildman–Crippen LogP) is 0.385. The first-order valence-corrected chi connectivity index (χ1v) is 15.2. The Morgan fingerprint density at radius 2 is 1.22 bits per heavy atom. The van der Waals surface area contributed by atoms with Crippen molar-refractivity contribution in [3.05, 3.63) is 24.3 Å². The fraction of sp³-hybridized carbons (Fsp3) is 0.538. The summed E-state index contributed by atoms with van der Waals surface area (Å²) in [6, 6.07) is 5.85. The van der Waals surface area contributed by atoms with E-state index in [1.54, 1.807) is 13.0 Å². The number of benzene rings is 1. The molecule has 0 heterocycles. The Morgan fingerprint density at radius 3 is 1.30 bits per heavy atom. The van der Waals surface area contributed by atoms with Crippen LogP contribution in [0, 0.1) is 0 Å². The number of phenolic OH excluding ortho intramolecular Hbond substituents is 2. The Labute approximate surface area is 198 Å². The molecule has 0 aliphatic heterocycles. The molecule has 1 aromatic rings. The molecule has 27 heavy (non-hydrogen) atoms. The van der Waals surface area contributed by atoms with Gasteiger partial charge in [-0.15, -0.1) is 12.4 Å². The van der Waals surface area contributed by atoms with E-state index in [0.29, 0.717) is 0 Å². The molecule has 14 heteroatoms. The Bertz CT molecular complexity index is 286. The average molecular weight is 463 g/mol. The van der Waals surface area contributed by atoms with Gasteiger partial charge in [0, 0.05) is 26.9 Å². The Kier molecular flexibility index (Phi) is 149. The quantitative estimate of drug-likeness (QED) is 0.210. The molecule has 160 valence electrons. The van der Waals surface area contributed by atoms with Gasteiger partial charge in [0.1, 0.15) is 11.5 Å². The second-order valence-electron chi connectivity index (χ2n) is 2.43. The van der Waals surface area contributed by atoms with Crippen molar-refractivity contribution in [1.82, 2.24) is 0 Å². The minimum atomic E-state index is -0.252. The van der Waals surface area contributed by atoms with E-state index in [0.717, 1.165) is 7.11 Å². The summed E-state index contributed by atoms with van der Waals surface area (Å²) in [5, 5.41) is 31.9. The number of phenols is 2. The second kappa shape index (κ2) is 71.4. The van der Waals surface area contributed by atoms with Crippen LogP contribution in [-0.4, -0.2) is 110 Å². The second-order valence-corrected chi connectivity index (χ2v) is 2.94. The monoisotopic (exact) mass is 462 g/mol. The summed E-state index contributed by atoms with van der Waals surface area (Å²) in [6.45, 7) is 1.93. The summed E-state index contributed by atoms with van der Waals surface area (Å²) in [5.74, 6) is 0.176. The third-order valence-corrected chi connectivity index (χ3v) is 1.22. The molecule has 0 spiro atoms. The number of hydrogen-bond acceptors (Lipinski definition) is 8. The van der Waals surface area contributed by atoms with E-state index in [2.05, 4.69) is 14.3 Å². The van der Waals surface area contributed by atoms with Gasteiger partial charge < -0.3 is 31.4 Å². The van der Waals surface area contributed by atoms with Crippen LogP contribution < -0.4 is 0 Å². The van der Waals surface area contributed by atoms with Crippen molar-refractivity contribution in [2.45, 2.75) is 14.4 Å². The standard InChI is InChI=1S/C6H6O2.C2H6O2.C2H6O.CH3O2P.CH4O.CH4.ClH.2Na.2H2O/c7-5-2-1-3-6(8)4-5;1-3-4-2;1-2-3;1-3-4-2;1-2;;;;;;/h1-4,7-8H;1-2H3;3H,2H2,1H3;1H3;2H,1H3;1H4;1H;;;2*1H2. The molecule has 0 aromatic heterocycles. The number of aromatic hydroxyl groups is 2. The van der Waals surface area contributed by atoms with Crippen molar-refractivity contribution in [2.24, 2.45) is 0 Å². The van der Waals surface area contributed by atoms with Gasteiger partial charge in [-0.2, -0.15) is 0 Å². The van der Waals surface area contributed by atoms with Gasteiger partial charge >= 0.3 is 52.3 Å². The predicted molar refractivity (Wildman–Crippen MR) is 112 cm³/mol. The van der Waals surface area contributed by atoms with Crippen LogP contribution >= 0.6 is 21.1 Å². The van der Waals surface area contributed by atoms with Gasteiger partial charge in [0.25, 0.3) is 0 Å². The Hall–Kier alpha value is 0.930. The molecular weight excluding hydrogens is 429 g/mol. The molecule has 0 aliphatic carbocycles. The third-order valence-electron chi connectivity index (χ3n) is 1.07. The van der Waals surface area contributed by atoms with Gasteiger partial charge in [-0.05, 0) is 19.1 Å². The maximum atomic E-state index is 9.05. The summed E-state index contributed by atoms with van der Waals surface area (Å²) < 4.78 is 13.0. The van der Waals surface area contributed by atoms with Gasteiger partial charge in [-0.25, -0.2) is 14.3 Å². The molecule has 0 radical (unpaired) electrons. The molecule has 0 fully saturated rings. The van der Waals surface area contributed by atoms with Gasteiger partial charge in [-0.1, -0.05) is 13.5 Å². The third kappa shape index (κ3) is 100. The molecular formula is C13H34ClNa2O10P. The van der Waals surface area contributed by atoms with Crippen LogP contribution in [0.1, 0.15) is 14.4 Å². The van der Waals surface area contributed by atoms with Gasteiger partial charge in [-0.3, -0.25) is 4.52 Å². The first-order valence-electron chi connectivity index (χ1n) is 6.50. The minimum absolute atomic E-state index is 0. The zero-order valence-electron chi connectivity index (χ0n) is 16.3. The number of aliphatic hydroxyl groups excluding tert-OH is 2. The van der Waals surface area contributed by atoms with Crippen LogP contribution in [0.4, 0.5) is 0 Å². The molecule has 0 aliphatic rings. The van der Waals surface area contributed by atoms with E-state index in [9.17, 15) is 0 Å². The zero-order valence-corrected chi connectivity index (χ0v) is 22.0. The zero-order chi connectivity index (χ0) is 19.5. The van der Waals surface area contributed by atoms with E-state index in [1.807, 2.05) is 0 Å². The summed E-state index contributed by atoms with van der Waals surface area (Å²) in [5.41, 5.74) is 0. The molecule has 1 rings (SSSR count). The van der Waals surface area contributed by atoms with Crippen LogP contribution in [0.15, 0.2) is 24.3 Å². The van der Waals surface area contributed by atoms with E-state index in [4.69, 9.17) is 25.0 Å². The Balaban J connectivity index is -0.0000000217. The van der Waals surface area contributed by atoms with Gasteiger partial charge in [0.15, 0.2) is 0 Å². The molecule has 0 amide bonds. The number of aliphatic hydroxyl groups is 2. The SMILES string of the molecule is C.CCO.CO.COOC.COP=O.Cl.O.O.Oc1cccc(O)c1.[Na][Na]. The normalized spacial score (nSPS) is 6.19. The van der Waals surface area contributed by atoms with Gasteiger partial charge in [0.2, 0.25) is 0 Å². The summed E-state index contributed by atoms with van der Waals surface area (Å²) in [7, 11) is 5.02. The fourth-order valence-corrected chi connectivity index (χ4v) is 0.493. The van der Waals surface area contributed by atoms with Crippen molar-refractivity contribution in [1.29, 1.82) is 0 Å². The van der Waals surface area contributed by atoms with Gasteiger partial charge in [0.05, 0.1) is 14.2 Å².